The van der Waals surface area contributed by atoms with Crippen LogP contribution in [0.5, 0.6) is 0 Å². The lowest BCUT2D eigenvalue weighted by molar-refractivity contribution is -0.121. The summed E-state index contributed by atoms with van der Waals surface area (Å²) in [5.41, 5.74) is 0. The molecule has 1 atom stereocenters. The van der Waals surface area contributed by atoms with E-state index in [4.69, 9.17) is 0 Å². The highest BCUT2D eigenvalue weighted by Crippen LogP contribution is 2.39. The Morgan fingerprint density at radius 3 is 3.00 bits per heavy atom. The largest absolute Gasteiger partial charge is 0.356 e. The lowest BCUT2D eigenvalue weighted by atomic mass is 10.1. The predicted octanol–water partition coefficient (Wildman–Crippen LogP) is 2.84. The number of rotatable bonds is 6. The number of hydrogen-bond donors (Lipinski definition) is 1. The molecule has 1 unspecified atom stereocenters. The van der Waals surface area contributed by atoms with Crippen LogP contribution in [0.2, 0.25) is 0 Å². The van der Waals surface area contributed by atoms with Gasteiger partial charge in [-0.2, -0.15) is 0 Å². The van der Waals surface area contributed by atoms with Gasteiger partial charge in [-0.05, 0) is 26.2 Å². The van der Waals surface area contributed by atoms with Crippen molar-refractivity contribution >= 4 is 27.5 Å². The molecule has 14 heavy (non-hydrogen) atoms. The van der Waals surface area contributed by atoms with Crippen LogP contribution in [0.3, 0.4) is 0 Å². The summed E-state index contributed by atoms with van der Waals surface area (Å²) in [5.74, 6) is 1.52. The van der Waals surface area contributed by atoms with Gasteiger partial charge < -0.3 is 5.32 Å². The number of carbonyl (C=O) groups excluding carboxylic acids is 1. The summed E-state index contributed by atoms with van der Waals surface area (Å²) in [7, 11) is 4.02. The molecule has 0 saturated carbocycles. The Kier molecular flexibility index (Phi) is 6.52. The molecule has 1 amide bonds. The lowest BCUT2D eigenvalue weighted by Crippen LogP contribution is -2.22. The Labute approximate surface area is 94.4 Å². The van der Waals surface area contributed by atoms with E-state index in [1.54, 1.807) is 0 Å². The maximum Gasteiger partial charge on any atom is 0.219 e. The third-order valence-electron chi connectivity index (χ3n) is 2.28. The Morgan fingerprint density at radius 1 is 1.50 bits per heavy atom. The van der Waals surface area contributed by atoms with Crippen LogP contribution in [0, 0.1) is 0 Å². The van der Waals surface area contributed by atoms with Gasteiger partial charge in [0.25, 0.3) is 0 Å². The molecule has 1 rings (SSSR count). The van der Waals surface area contributed by atoms with Crippen molar-refractivity contribution in [2.45, 2.75) is 44.3 Å². The van der Waals surface area contributed by atoms with Crippen LogP contribution in [0.1, 0.15) is 39.0 Å². The number of unbranched alkanes of at least 4 members (excludes halogenated alkanes) is 1. The zero-order valence-corrected chi connectivity index (χ0v) is 10.4. The van der Waals surface area contributed by atoms with Crippen LogP contribution in [0.15, 0.2) is 0 Å². The van der Waals surface area contributed by atoms with E-state index in [1.165, 1.54) is 25.0 Å². The molecule has 1 heterocycles. The van der Waals surface area contributed by atoms with Gasteiger partial charge in [-0.25, -0.2) is 0 Å². The molecular weight excluding hydrogens is 214 g/mol. The third kappa shape index (κ3) is 5.15. The van der Waals surface area contributed by atoms with Crippen molar-refractivity contribution in [3.05, 3.63) is 0 Å². The second-order valence-electron chi connectivity index (χ2n) is 3.53. The molecule has 4 heteroatoms. The Bertz CT molecular complexity index is 170. The first-order chi connectivity index (χ1) is 6.83. The quantitative estimate of drug-likeness (QED) is 0.565. The molecule has 82 valence electrons. The highest BCUT2D eigenvalue weighted by Gasteiger charge is 2.15. The Hall–Kier alpha value is 0.170. The molecular formula is C10H19NOS2. The fraction of sp³-hybridized carbons (Fsp3) is 0.900. The molecule has 2 nitrogen and oxygen atoms in total. The van der Waals surface area contributed by atoms with Gasteiger partial charge in [0, 0.05) is 24.0 Å². The van der Waals surface area contributed by atoms with E-state index in [2.05, 4.69) is 5.32 Å². The van der Waals surface area contributed by atoms with Gasteiger partial charge in [0.2, 0.25) is 5.91 Å². The van der Waals surface area contributed by atoms with E-state index in [0.717, 1.165) is 18.2 Å². The molecule has 0 aromatic heterocycles. The van der Waals surface area contributed by atoms with Crippen LogP contribution in [0.4, 0.5) is 0 Å². The third-order valence-corrected chi connectivity index (χ3v) is 5.29. The molecule has 0 radical (unpaired) electrons. The second kappa shape index (κ2) is 7.46. The molecule has 0 spiro atoms. The summed E-state index contributed by atoms with van der Waals surface area (Å²) >= 11 is 0. The highest BCUT2D eigenvalue weighted by molar-refractivity contribution is 8.77. The average molecular weight is 233 g/mol. The standard InChI is InChI=1S/C10H19NOS2/c1-2-11-10(12)6-4-3-5-9-7-8-13-14-9/h9H,2-8H2,1H3,(H,11,12). The van der Waals surface area contributed by atoms with E-state index in [1.807, 2.05) is 28.5 Å². The fourth-order valence-corrected chi connectivity index (χ4v) is 4.54. The molecule has 1 aliphatic rings. The van der Waals surface area contributed by atoms with Gasteiger partial charge >= 0.3 is 0 Å². The van der Waals surface area contributed by atoms with Gasteiger partial charge in [0.15, 0.2) is 0 Å². The lowest BCUT2D eigenvalue weighted by Gasteiger charge is -2.06. The summed E-state index contributed by atoms with van der Waals surface area (Å²) in [6.07, 6.45) is 5.61. The van der Waals surface area contributed by atoms with Crippen molar-refractivity contribution in [1.82, 2.24) is 5.32 Å². The number of amides is 1. The van der Waals surface area contributed by atoms with E-state index < -0.39 is 0 Å². The van der Waals surface area contributed by atoms with Crippen molar-refractivity contribution in [3.8, 4) is 0 Å². The van der Waals surface area contributed by atoms with E-state index in [-0.39, 0.29) is 5.91 Å². The first-order valence-electron chi connectivity index (χ1n) is 5.38. The summed E-state index contributed by atoms with van der Waals surface area (Å²) in [6.45, 7) is 2.72. The molecule has 0 aromatic carbocycles. The average Bonchev–Trinajstić information content (AvgIpc) is 2.65. The van der Waals surface area contributed by atoms with Gasteiger partial charge in [-0.1, -0.05) is 28.0 Å². The maximum atomic E-state index is 11.1. The van der Waals surface area contributed by atoms with Gasteiger partial charge in [0.05, 0.1) is 0 Å². The minimum absolute atomic E-state index is 0.209. The fourth-order valence-electron chi connectivity index (χ4n) is 1.51. The van der Waals surface area contributed by atoms with Gasteiger partial charge in [0.1, 0.15) is 0 Å². The predicted molar refractivity (Wildman–Crippen MR) is 65.6 cm³/mol. The Morgan fingerprint density at radius 2 is 2.36 bits per heavy atom. The monoisotopic (exact) mass is 233 g/mol. The van der Waals surface area contributed by atoms with Crippen LogP contribution < -0.4 is 5.32 Å². The van der Waals surface area contributed by atoms with Crippen molar-refractivity contribution in [1.29, 1.82) is 0 Å². The first kappa shape index (κ1) is 12.2. The van der Waals surface area contributed by atoms with Gasteiger partial charge in [-0.15, -0.1) is 0 Å². The topological polar surface area (TPSA) is 29.1 Å². The van der Waals surface area contributed by atoms with Crippen LogP contribution in [-0.4, -0.2) is 23.5 Å². The zero-order chi connectivity index (χ0) is 10.2. The van der Waals surface area contributed by atoms with E-state index in [9.17, 15) is 4.79 Å². The van der Waals surface area contributed by atoms with Gasteiger partial charge in [-0.3, -0.25) is 4.79 Å². The normalized spacial score (nSPS) is 21.1. The van der Waals surface area contributed by atoms with Crippen LogP contribution >= 0.6 is 21.6 Å². The van der Waals surface area contributed by atoms with Crippen LogP contribution in [0.25, 0.3) is 0 Å². The first-order valence-corrected chi connectivity index (χ1v) is 7.76. The highest BCUT2D eigenvalue weighted by atomic mass is 33.1. The Balaban J connectivity index is 1.90. The second-order valence-corrected chi connectivity index (χ2v) is 6.32. The molecule has 0 aliphatic carbocycles. The summed E-state index contributed by atoms with van der Waals surface area (Å²) < 4.78 is 0. The molecule has 1 saturated heterocycles. The minimum atomic E-state index is 0.209. The van der Waals surface area contributed by atoms with E-state index >= 15 is 0 Å². The molecule has 0 bridgehead atoms. The van der Waals surface area contributed by atoms with Crippen molar-refractivity contribution in [3.63, 3.8) is 0 Å². The smallest absolute Gasteiger partial charge is 0.219 e. The number of hydrogen-bond acceptors (Lipinski definition) is 3. The molecule has 0 aromatic rings. The van der Waals surface area contributed by atoms with E-state index in [0.29, 0.717) is 6.42 Å². The minimum Gasteiger partial charge on any atom is -0.356 e. The maximum absolute atomic E-state index is 11.1. The molecule has 1 N–H and O–H groups in total. The summed E-state index contributed by atoms with van der Waals surface area (Å²) in [5, 5.41) is 3.68. The van der Waals surface area contributed by atoms with Crippen molar-refractivity contribution in [2.24, 2.45) is 0 Å². The zero-order valence-electron chi connectivity index (χ0n) is 8.75. The number of carbonyl (C=O) groups is 1. The molecule has 1 fully saturated rings. The molecule has 1 aliphatic heterocycles. The van der Waals surface area contributed by atoms with Crippen LogP contribution in [-0.2, 0) is 4.79 Å². The summed E-state index contributed by atoms with van der Waals surface area (Å²) in [6, 6.07) is 0. The number of nitrogens with one attached hydrogen (secondary N) is 1. The summed E-state index contributed by atoms with van der Waals surface area (Å²) in [4.78, 5) is 11.1. The SMILES string of the molecule is CCNC(=O)CCCCC1CCSS1. The van der Waals surface area contributed by atoms with Crippen molar-refractivity contribution in [2.75, 3.05) is 12.3 Å². The van der Waals surface area contributed by atoms with Crippen molar-refractivity contribution < 1.29 is 4.79 Å².